The van der Waals surface area contributed by atoms with Crippen LogP contribution in [0.2, 0.25) is 0 Å². The number of benzene rings is 4. The third-order valence-corrected chi connectivity index (χ3v) is 7.15. The average molecular weight is 537 g/mol. The minimum Gasteiger partial charge on any atom is -0.410 e. The zero-order valence-corrected chi connectivity index (χ0v) is 24.4. The molecule has 0 unspecified atom stereocenters. The van der Waals surface area contributed by atoms with E-state index in [2.05, 4.69) is 94.5 Å². The van der Waals surface area contributed by atoms with Gasteiger partial charge in [0.05, 0.1) is 0 Å². The van der Waals surface area contributed by atoms with E-state index in [1.807, 2.05) is 64.6 Å². The number of carbonyl (C=O) groups excluding carboxylic acids is 1. The van der Waals surface area contributed by atoms with Gasteiger partial charge in [0.2, 0.25) is 0 Å². The first-order chi connectivity index (χ1) is 19.3. The second-order valence-electron chi connectivity index (χ2n) is 10.2. The highest BCUT2D eigenvalue weighted by Crippen LogP contribution is 2.40. The second-order valence-corrected chi connectivity index (χ2v) is 10.2. The Morgan fingerprint density at radius 1 is 0.700 bits per heavy atom. The highest BCUT2D eigenvalue weighted by atomic mass is 16.6. The molecule has 4 aromatic rings. The lowest BCUT2D eigenvalue weighted by Crippen LogP contribution is -2.23. The number of nitrogens with one attached hydrogen (secondary N) is 1. The maximum absolute atomic E-state index is 13.1. The monoisotopic (exact) mass is 536 g/mol. The molecule has 0 saturated carbocycles. The summed E-state index contributed by atoms with van der Waals surface area (Å²) in [4.78, 5) is 19.6. The van der Waals surface area contributed by atoms with Crippen molar-refractivity contribution in [3.63, 3.8) is 0 Å². The maximum atomic E-state index is 13.1. The van der Waals surface area contributed by atoms with Gasteiger partial charge in [0.25, 0.3) is 0 Å². The average Bonchev–Trinajstić information content (AvgIpc) is 2.96. The molecule has 0 saturated heterocycles. The topological polar surface area (TPSA) is 48.1 Å². The molecule has 0 heterocycles. The van der Waals surface area contributed by atoms with E-state index >= 15 is 0 Å². The van der Waals surface area contributed by atoms with Crippen LogP contribution in [0.3, 0.4) is 0 Å². The number of nitrogens with zero attached hydrogens (tertiary/aromatic N) is 3. The minimum atomic E-state index is -0.520. The van der Waals surface area contributed by atoms with Crippen molar-refractivity contribution in [2.24, 2.45) is 0 Å². The molecule has 0 aliphatic heterocycles. The zero-order chi connectivity index (χ0) is 28.6. The number of para-hydroxylation sites is 1. The van der Waals surface area contributed by atoms with E-state index in [0.29, 0.717) is 11.4 Å². The second kappa shape index (κ2) is 13.1. The first-order valence-electron chi connectivity index (χ1n) is 13.8. The smallest absolute Gasteiger partial charge is 0.410 e. The lowest BCUT2D eigenvalue weighted by atomic mass is 9.84. The Morgan fingerprint density at radius 3 is 1.68 bits per heavy atom. The quantitative estimate of drug-likeness (QED) is 0.213. The number of ether oxygens (including phenoxy) is 1. The third kappa shape index (κ3) is 6.75. The predicted octanol–water partition coefficient (Wildman–Crippen LogP) is 7.46. The lowest BCUT2D eigenvalue weighted by Gasteiger charge is -2.26. The molecule has 1 amide bonds. The summed E-state index contributed by atoms with van der Waals surface area (Å²) in [5.74, 6) is 0.397. The summed E-state index contributed by atoms with van der Waals surface area (Å²) in [6, 6.07) is 32.7. The highest BCUT2D eigenvalue weighted by molar-refractivity contribution is 5.86. The molecule has 6 heteroatoms. The molecule has 0 aliphatic rings. The Labute approximate surface area is 238 Å². The summed E-state index contributed by atoms with van der Waals surface area (Å²) < 4.78 is 6.08. The Balaban J connectivity index is 1.83. The number of amides is 1. The van der Waals surface area contributed by atoms with Crippen molar-refractivity contribution in [2.75, 3.05) is 61.3 Å². The third-order valence-electron chi connectivity index (χ3n) is 7.15. The molecule has 0 radical (unpaired) electrons. The van der Waals surface area contributed by atoms with Gasteiger partial charge in [0.15, 0.2) is 0 Å². The van der Waals surface area contributed by atoms with Crippen molar-refractivity contribution in [2.45, 2.75) is 19.8 Å². The van der Waals surface area contributed by atoms with Gasteiger partial charge < -0.3 is 19.4 Å². The van der Waals surface area contributed by atoms with Crippen LogP contribution in [0.25, 0.3) is 0 Å². The van der Waals surface area contributed by atoms with Crippen molar-refractivity contribution >= 4 is 28.8 Å². The molecular weight excluding hydrogens is 496 g/mol. The Kier molecular flexibility index (Phi) is 9.33. The molecule has 4 aromatic carbocycles. The number of hydrogen-bond acceptors (Lipinski definition) is 5. The molecule has 0 bridgehead atoms. The van der Waals surface area contributed by atoms with Gasteiger partial charge in [-0.15, -0.1) is 0 Å². The fourth-order valence-electron chi connectivity index (χ4n) is 4.88. The van der Waals surface area contributed by atoms with Crippen LogP contribution in [0.4, 0.5) is 27.5 Å². The van der Waals surface area contributed by atoms with Crippen LogP contribution in [-0.2, 0) is 0 Å². The first-order valence-corrected chi connectivity index (χ1v) is 13.8. The van der Waals surface area contributed by atoms with Crippen molar-refractivity contribution in [3.8, 4) is 5.75 Å². The van der Waals surface area contributed by atoms with Crippen LogP contribution in [0, 0.1) is 0 Å². The summed E-state index contributed by atoms with van der Waals surface area (Å²) in [6.45, 7) is 5.96. The molecule has 0 fully saturated rings. The van der Waals surface area contributed by atoms with Gasteiger partial charge in [-0.25, -0.2) is 4.79 Å². The molecule has 0 aromatic heterocycles. The summed E-state index contributed by atoms with van der Waals surface area (Å²) in [6.07, 6.45) is -0.520. The lowest BCUT2D eigenvalue weighted by molar-refractivity contribution is 0.214. The fourth-order valence-corrected chi connectivity index (χ4v) is 4.88. The molecule has 40 heavy (non-hydrogen) atoms. The van der Waals surface area contributed by atoms with Gasteiger partial charge in [-0.3, -0.25) is 5.32 Å². The van der Waals surface area contributed by atoms with Crippen molar-refractivity contribution in [3.05, 3.63) is 114 Å². The summed E-state index contributed by atoms with van der Waals surface area (Å²) in [5, 5.41) is 2.87. The van der Waals surface area contributed by atoms with Crippen molar-refractivity contribution < 1.29 is 9.53 Å². The van der Waals surface area contributed by atoms with Gasteiger partial charge in [0, 0.05) is 81.6 Å². The highest BCUT2D eigenvalue weighted by Gasteiger charge is 2.24. The molecule has 4 rings (SSSR count). The molecule has 1 N–H and O–H groups in total. The number of hydrogen-bond donors (Lipinski definition) is 1. The largest absolute Gasteiger partial charge is 0.417 e. The van der Waals surface area contributed by atoms with E-state index < -0.39 is 6.09 Å². The summed E-state index contributed by atoms with van der Waals surface area (Å²) in [5.41, 5.74) is 7.11. The number of rotatable bonds is 10. The SMILES string of the molecule is CCN(CC)c1ccc(C(c2ccc(N(C)C)cc2)c2ccc(N(C)C)cc2)c(OC(=O)Nc2ccccc2)c1. The number of anilines is 4. The minimum absolute atomic E-state index is 0.141. The van der Waals surface area contributed by atoms with Crippen molar-refractivity contribution in [1.29, 1.82) is 0 Å². The summed E-state index contributed by atoms with van der Waals surface area (Å²) >= 11 is 0. The van der Waals surface area contributed by atoms with Gasteiger partial charge in [-0.05, 0) is 67.4 Å². The van der Waals surface area contributed by atoms with Gasteiger partial charge >= 0.3 is 6.09 Å². The molecule has 0 aliphatic carbocycles. The maximum Gasteiger partial charge on any atom is 0.417 e. The van der Waals surface area contributed by atoms with Gasteiger partial charge in [0.1, 0.15) is 5.75 Å². The Morgan fingerprint density at radius 2 is 1.20 bits per heavy atom. The van der Waals surface area contributed by atoms with Crippen LogP contribution < -0.4 is 24.8 Å². The Bertz CT molecular complexity index is 1330. The van der Waals surface area contributed by atoms with Crippen LogP contribution in [0.5, 0.6) is 5.75 Å². The Hall–Kier alpha value is -4.45. The molecule has 0 atom stereocenters. The van der Waals surface area contributed by atoms with E-state index in [1.165, 1.54) is 0 Å². The van der Waals surface area contributed by atoms with E-state index in [0.717, 1.165) is 46.8 Å². The number of carbonyl (C=O) groups is 1. The van der Waals surface area contributed by atoms with E-state index in [4.69, 9.17) is 4.74 Å². The molecule has 208 valence electrons. The first kappa shape index (κ1) is 28.6. The molecule has 0 spiro atoms. The zero-order valence-electron chi connectivity index (χ0n) is 24.4. The van der Waals surface area contributed by atoms with Crippen LogP contribution in [0.15, 0.2) is 97.1 Å². The van der Waals surface area contributed by atoms with Gasteiger partial charge in [-0.2, -0.15) is 0 Å². The van der Waals surface area contributed by atoms with E-state index in [9.17, 15) is 4.79 Å². The molecular formula is C34H40N4O2. The van der Waals surface area contributed by atoms with Crippen LogP contribution in [0.1, 0.15) is 36.5 Å². The fraction of sp³-hybridized carbons (Fsp3) is 0.265. The molecule has 6 nitrogen and oxygen atoms in total. The van der Waals surface area contributed by atoms with Gasteiger partial charge in [-0.1, -0.05) is 48.5 Å². The van der Waals surface area contributed by atoms with E-state index in [1.54, 1.807) is 0 Å². The standard InChI is InChI=1S/C34H40N4O2/c1-7-38(8-2)30-22-23-31(32(24-30)40-34(39)35-27-12-10-9-11-13-27)33(25-14-18-28(19-15-25)36(3)4)26-16-20-29(21-17-26)37(5)6/h9-24,33H,7-8H2,1-6H3,(H,35,39). The van der Waals surface area contributed by atoms with Crippen molar-refractivity contribution in [1.82, 2.24) is 0 Å². The normalized spacial score (nSPS) is 10.8. The van der Waals surface area contributed by atoms with Crippen LogP contribution >= 0.6 is 0 Å². The summed E-state index contributed by atoms with van der Waals surface area (Å²) in [7, 11) is 8.15. The van der Waals surface area contributed by atoms with E-state index in [-0.39, 0.29) is 5.92 Å². The predicted molar refractivity (Wildman–Crippen MR) is 169 cm³/mol. The van der Waals surface area contributed by atoms with Crippen LogP contribution in [-0.4, -0.2) is 47.4 Å².